The highest BCUT2D eigenvalue weighted by molar-refractivity contribution is 5.98. The number of rotatable bonds is 6. The zero-order valence-electron chi connectivity index (χ0n) is 17.0. The Bertz CT molecular complexity index is 852. The van der Waals surface area contributed by atoms with Crippen molar-refractivity contribution in [3.05, 3.63) is 39.9 Å². The highest BCUT2D eigenvalue weighted by Crippen LogP contribution is 2.30. The molecule has 150 valence electrons. The second-order valence-electron chi connectivity index (χ2n) is 7.97. The number of fused-ring (bicyclic) bond motifs is 1. The molecule has 2 aromatic heterocycles. The van der Waals surface area contributed by atoms with Crippen molar-refractivity contribution in [1.29, 1.82) is 0 Å². The van der Waals surface area contributed by atoms with Gasteiger partial charge < -0.3 is 15.2 Å². The summed E-state index contributed by atoms with van der Waals surface area (Å²) in [6.45, 7) is 7.56. The maximum absolute atomic E-state index is 12.4. The molecule has 1 aliphatic carbocycles. The van der Waals surface area contributed by atoms with Crippen molar-refractivity contribution >= 4 is 11.7 Å². The maximum Gasteiger partial charge on any atom is 0.254 e. The molecular weight excluding hydrogens is 354 g/mol. The maximum atomic E-state index is 12.4. The van der Waals surface area contributed by atoms with Gasteiger partial charge in [0.05, 0.1) is 11.3 Å². The van der Waals surface area contributed by atoms with Crippen molar-refractivity contribution in [2.24, 2.45) is 5.92 Å². The quantitative estimate of drug-likeness (QED) is 0.797. The van der Waals surface area contributed by atoms with Crippen LogP contribution in [0.4, 0.5) is 5.82 Å². The Hall–Kier alpha value is -2.41. The van der Waals surface area contributed by atoms with Crippen LogP contribution >= 0.6 is 0 Å². The third kappa shape index (κ3) is 4.04. The number of aromatic nitrogens is 2. The minimum Gasteiger partial charge on any atom is -0.369 e. The molecule has 7 heteroatoms. The van der Waals surface area contributed by atoms with Gasteiger partial charge in [-0.2, -0.15) is 0 Å². The van der Waals surface area contributed by atoms with Gasteiger partial charge in [0, 0.05) is 50.9 Å². The number of anilines is 1. The fraction of sp³-hybridized carbons (Fsp3) is 0.571. The van der Waals surface area contributed by atoms with Crippen molar-refractivity contribution in [2.75, 3.05) is 32.0 Å². The van der Waals surface area contributed by atoms with E-state index in [1.165, 1.54) is 24.0 Å². The second kappa shape index (κ2) is 7.91. The molecule has 3 heterocycles. The predicted octanol–water partition coefficient (Wildman–Crippen LogP) is 2.47. The molecule has 0 unspecified atom stereocenters. The number of amides is 1. The van der Waals surface area contributed by atoms with Crippen molar-refractivity contribution in [2.45, 2.75) is 46.1 Å². The average Bonchev–Trinajstić information content (AvgIpc) is 3.50. The fourth-order valence-electron chi connectivity index (χ4n) is 3.80. The summed E-state index contributed by atoms with van der Waals surface area (Å²) in [4.78, 5) is 19.7. The van der Waals surface area contributed by atoms with Gasteiger partial charge in [-0.15, -0.1) is 0 Å². The lowest BCUT2D eigenvalue weighted by Gasteiger charge is -2.19. The van der Waals surface area contributed by atoms with E-state index in [1.807, 2.05) is 19.9 Å². The number of nitrogens with zero attached hydrogens (tertiary/aromatic N) is 3. The van der Waals surface area contributed by atoms with Gasteiger partial charge in [-0.3, -0.25) is 9.69 Å². The number of hydrogen-bond acceptors (Lipinski definition) is 6. The Labute approximate surface area is 165 Å². The molecule has 0 saturated heterocycles. The van der Waals surface area contributed by atoms with Crippen LogP contribution in [0.1, 0.15) is 51.5 Å². The summed E-state index contributed by atoms with van der Waals surface area (Å²) < 4.78 is 5.31. The Kier molecular flexibility index (Phi) is 5.35. The number of carbonyl (C=O) groups is 1. The molecule has 1 fully saturated rings. The Balaban J connectivity index is 1.53. The van der Waals surface area contributed by atoms with E-state index in [1.54, 1.807) is 7.05 Å². The Morgan fingerprint density at radius 2 is 2.07 bits per heavy atom. The van der Waals surface area contributed by atoms with Gasteiger partial charge in [-0.05, 0) is 50.7 Å². The van der Waals surface area contributed by atoms with E-state index < -0.39 is 0 Å². The van der Waals surface area contributed by atoms with Crippen LogP contribution in [0.3, 0.4) is 0 Å². The van der Waals surface area contributed by atoms with Crippen LogP contribution in [-0.2, 0) is 19.4 Å². The normalized spacial score (nSPS) is 17.1. The van der Waals surface area contributed by atoms with E-state index in [4.69, 9.17) is 9.51 Å². The zero-order valence-corrected chi connectivity index (χ0v) is 17.0. The molecule has 0 atom stereocenters. The van der Waals surface area contributed by atoms with Crippen LogP contribution in [0.25, 0.3) is 0 Å². The third-order valence-corrected chi connectivity index (χ3v) is 5.84. The molecule has 28 heavy (non-hydrogen) atoms. The van der Waals surface area contributed by atoms with Gasteiger partial charge in [-0.1, -0.05) is 5.16 Å². The first-order chi connectivity index (χ1) is 13.5. The lowest BCUT2D eigenvalue weighted by molar-refractivity contribution is 0.0963. The molecule has 0 bridgehead atoms. The molecule has 2 aliphatic rings. The first-order valence-electron chi connectivity index (χ1n) is 10.2. The van der Waals surface area contributed by atoms with Gasteiger partial charge in [0.2, 0.25) is 0 Å². The fourth-order valence-corrected chi connectivity index (χ4v) is 3.80. The Morgan fingerprint density at radius 3 is 2.75 bits per heavy atom. The summed E-state index contributed by atoms with van der Waals surface area (Å²) in [7, 11) is 1.67. The third-order valence-electron chi connectivity index (χ3n) is 5.84. The van der Waals surface area contributed by atoms with Crippen LogP contribution in [-0.4, -0.2) is 47.6 Å². The SMILES string of the molecule is CNC(=O)c1cc2c(nc1NCC1CC1)CCN(Cc1c(C)noc1C)CC2. The lowest BCUT2D eigenvalue weighted by Crippen LogP contribution is -2.26. The van der Waals surface area contributed by atoms with Crippen molar-refractivity contribution in [3.63, 3.8) is 0 Å². The number of nitrogens with one attached hydrogen (secondary N) is 2. The number of hydrogen-bond donors (Lipinski definition) is 2. The highest BCUT2D eigenvalue weighted by Gasteiger charge is 2.24. The summed E-state index contributed by atoms with van der Waals surface area (Å²) in [5.74, 6) is 2.27. The molecule has 0 radical (unpaired) electrons. The van der Waals surface area contributed by atoms with Gasteiger partial charge in [0.15, 0.2) is 0 Å². The van der Waals surface area contributed by atoms with Crippen LogP contribution in [0.2, 0.25) is 0 Å². The van der Waals surface area contributed by atoms with E-state index in [9.17, 15) is 4.79 Å². The minimum absolute atomic E-state index is 0.0783. The van der Waals surface area contributed by atoms with Crippen LogP contribution < -0.4 is 10.6 Å². The molecule has 1 saturated carbocycles. The standard InChI is InChI=1S/C21H29N5O2/c1-13-18(14(2)28-25-13)12-26-8-6-16-10-17(21(27)22-3)20(23-11-15-4-5-15)24-19(16)7-9-26/h10,15H,4-9,11-12H2,1-3H3,(H,22,27)(H,23,24). The van der Waals surface area contributed by atoms with Gasteiger partial charge in [-0.25, -0.2) is 4.98 Å². The summed E-state index contributed by atoms with van der Waals surface area (Å²) in [5, 5.41) is 10.2. The van der Waals surface area contributed by atoms with E-state index >= 15 is 0 Å². The van der Waals surface area contributed by atoms with Gasteiger partial charge in [0.1, 0.15) is 11.6 Å². The summed E-state index contributed by atoms with van der Waals surface area (Å²) in [6.07, 6.45) is 4.30. The molecular formula is C21H29N5O2. The largest absolute Gasteiger partial charge is 0.369 e. The van der Waals surface area contributed by atoms with E-state index in [0.29, 0.717) is 5.56 Å². The summed E-state index contributed by atoms with van der Waals surface area (Å²) in [6, 6.07) is 2.04. The smallest absolute Gasteiger partial charge is 0.254 e. The zero-order chi connectivity index (χ0) is 19.7. The molecule has 0 spiro atoms. The number of carbonyl (C=O) groups excluding carboxylic acids is 1. The topological polar surface area (TPSA) is 83.3 Å². The van der Waals surface area contributed by atoms with Gasteiger partial charge >= 0.3 is 0 Å². The average molecular weight is 383 g/mol. The summed E-state index contributed by atoms with van der Waals surface area (Å²) in [5.41, 5.74) is 5.08. The van der Waals surface area contributed by atoms with E-state index in [2.05, 4.69) is 20.7 Å². The highest BCUT2D eigenvalue weighted by atomic mass is 16.5. The monoisotopic (exact) mass is 383 g/mol. The van der Waals surface area contributed by atoms with Crippen molar-refractivity contribution < 1.29 is 9.32 Å². The molecule has 1 aliphatic heterocycles. The number of aryl methyl sites for hydroxylation is 2. The van der Waals surface area contributed by atoms with Crippen molar-refractivity contribution in [1.82, 2.24) is 20.4 Å². The van der Waals surface area contributed by atoms with Gasteiger partial charge in [0.25, 0.3) is 5.91 Å². The Morgan fingerprint density at radius 1 is 1.29 bits per heavy atom. The molecule has 2 aromatic rings. The molecule has 0 aromatic carbocycles. The predicted molar refractivity (Wildman–Crippen MR) is 108 cm³/mol. The minimum atomic E-state index is -0.0783. The first kappa shape index (κ1) is 18.9. The van der Waals surface area contributed by atoms with E-state index in [-0.39, 0.29) is 5.91 Å². The molecule has 1 amide bonds. The van der Waals surface area contributed by atoms with Crippen LogP contribution in [0.5, 0.6) is 0 Å². The molecule has 2 N–H and O–H groups in total. The lowest BCUT2D eigenvalue weighted by atomic mass is 10.1. The van der Waals surface area contributed by atoms with Crippen LogP contribution in [0, 0.1) is 19.8 Å². The van der Waals surface area contributed by atoms with Crippen LogP contribution in [0.15, 0.2) is 10.6 Å². The molecule has 4 rings (SSSR count). The first-order valence-corrected chi connectivity index (χ1v) is 10.2. The van der Waals surface area contributed by atoms with E-state index in [0.717, 1.165) is 67.9 Å². The summed E-state index contributed by atoms with van der Waals surface area (Å²) >= 11 is 0. The molecule has 7 nitrogen and oxygen atoms in total. The second-order valence-corrected chi connectivity index (χ2v) is 7.97. The number of pyridine rings is 1. The van der Waals surface area contributed by atoms with Crippen molar-refractivity contribution in [3.8, 4) is 0 Å².